The molecule has 3 heteroatoms. The summed E-state index contributed by atoms with van der Waals surface area (Å²) in [4.78, 5) is 12.9. The first-order valence-electron chi connectivity index (χ1n) is 9.06. The zero-order valence-electron chi connectivity index (χ0n) is 14.3. The van der Waals surface area contributed by atoms with Crippen LogP contribution in [0.25, 0.3) is 16.3 Å². The van der Waals surface area contributed by atoms with E-state index in [1.54, 1.807) is 12.1 Å². The number of hydrogen-bond acceptors (Lipinski definition) is 3. The molecule has 0 saturated carbocycles. The maximum atomic E-state index is 12.9. The molecule has 0 spiro atoms. The number of phenols is 1. The Balaban J connectivity index is 1.79. The first kappa shape index (κ1) is 15.2. The van der Waals surface area contributed by atoms with Crippen molar-refractivity contribution in [2.45, 2.75) is 25.3 Å². The minimum absolute atomic E-state index is 0.210. The fourth-order valence-electron chi connectivity index (χ4n) is 4.36. The van der Waals surface area contributed by atoms with Gasteiger partial charge in [0.25, 0.3) is 0 Å². The van der Waals surface area contributed by atoms with Crippen molar-refractivity contribution in [2.24, 2.45) is 0 Å². The number of phenolic OH excluding ortho intramolecular Hbond substituents is 1. The van der Waals surface area contributed by atoms with Crippen molar-refractivity contribution in [1.82, 2.24) is 0 Å². The molecule has 26 heavy (non-hydrogen) atoms. The van der Waals surface area contributed by atoms with Crippen LogP contribution in [0.3, 0.4) is 0 Å². The first-order chi connectivity index (χ1) is 12.7. The molecule has 1 aliphatic carbocycles. The van der Waals surface area contributed by atoms with E-state index in [1.165, 1.54) is 21.9 Å². The second kappa shape index (κ2) is 5.73. The minimum Gasteiger partial charge on any atom is -0.508 e. The third kappa shape index (κ3) is 2.24. The van der Waals surface area contributed by atoms with Gasteiger partial charge in [-0.15, -0.1) is 0 Å². The lowest BCUT2D eigenvalue weighted by Crippen LogP contribution is -2.27. The summed E-state index contributed by atoms with van der Waals surface area (Å²) < 4.78 is 0. The highest BCUT2D eigenvalue weighted by molar-refractivity contribution is 6.12. The number of anilines is 1. The average molecular weight is 341 g/mol. The summed E-state index contributed by atoms with van der Waals surface area (Å²) in [5.74, 6) is 0.435. The van der Waals surface area contributed by atoms with Gasteiger partial charge in [0.05, 0.1) is 6.04 Å². The highest BCUT2D eigenvalue weighted by Crippen LogP contribution is 2.48. The smallest absolute Gasteiger partial charge is 0.161 e. The summed E-state index contributed by atoms with van der Waals surface area (Å²) in [6.07, 6.45) is 2.40. The van der Waals surface area contributed by atoms with Crippen LogP contribution < -0.4 is 5.32 Å². The van der Waals surface area contributed by atoms with Crippen LogP contribution in [-0.2, 0) is 4.79 Å². The van der Waals surface area contributed by atoms with Crippen molar-refractivity contribution in [3.8, 4) is 5.75 Å². The lowest BCUT2D eigenvalue weighted by molar-refractivity contribution is -0.116. The Kier molecular flexibility index (Phi) is 3.35. The molecule has 2 aliphatic rings. The average Bonchev–Trinajstić information content (AvgIpc) is 2.67. The molecule has 1 heterocycles. The molecule has 0 bridgehead atoms. The second-order valence-electron chi connectivity index (χ2n) is 7.05. The molecule has 0 unspecified atom stereocenters. The maximum Gasteiger partial charge on any atom is 0.161 e. The normalized spacial score (nSPS) is 19.1. The molecule has 0 saturated heterocycles. The Hall–Kier alpha value is -3.07. The van der Waals surface area contributed by atoms with E-state index in [0.717, 1.165) is 29.7 Å². The van der Waals surface area contributed by atoms with E-state index >= 15 is 0 Å². The van der Waals surface area contributed by atoms with Crippen molar-refractivity contribution in [3.63, 3.8) is 0 Å². The lowest BCUT2D eigenvalue weighted by atomic mass is 9.77. The molecule has 2 N–H and O–H groups in total. The molecule has 1 atom stereocenters. The number of nitrogens with one attached hydrogen (secondary N) is 1. The topological polar surface area (TPSA) is 49.3 Å². The van der Waals surface area contributed by atoms with Gasteiger partial charge in [-0.3, -0.25) is 4.79 Å². The van der Waals surface area contributed by atoms with Crippen molar-refractivity contribution in [3.05, 3.63) is 77.4 Å². The van der Waals surface area contributed by atoms with E-state index in [1.807, 2.05) is 18.2 Å². The highest BCUT2D eigenvalue weighted by Gasteiger charge is 2.34. The monoisotopic (exact) mass is 341 g/mol. The Bertz CT molecular complexity index is 1080. The summed E-state index contributed by atoms with van der Waals surface area (Å²) in [5, 5.41) is 15.9. The van der Waals surface area contributed by atoms with Gasteiger partial charge < -0.3 is 10.4 Å². The molecule has 128 valence electrons. The van der Waals surface area contributed by atoms with Crippen LogP contribution >= 0.6 is 0 Å². The van der Waals surface area contributed by atoms with Gasteiger partial charge in [0.1, 0.15) is 5.75 Å². The molecule has 0 radical (unpaired) electrons. The molecule has 0 aromatic heterocycles. The van der Waals surface area contributed by atoms with Gasteiger partial charge >= 0.3 is 0 Å². The SMILES string of the molecule is O=C1CCCC2=C1[C@@H](c1cccc(O)c1)Nc1ccc3ccccc3c12. The summed E-state index contributed by atoms with van der Waals surface area (Å²) in [5.41, 5.74) is 5.19. The molecule has 0 fully saturated rings. The van der Waals surface area contributed by atoms with Crippen LogP contribution in [0.2, 0.25) is 0 Å². The number of benzene rings is 3. The minimum atomic E-state index is -0.210. The van der Waals surface area contributed by atoms with Crippen LogP contribution in [0.1, 0.15) is 36.4 Å². The number of aromatic hydroxyl groups is 1. The first-order valence-corrected chi connectivity index (χ1v) is 9.06. The van der Waals surface area contributed by atoms with E-state index < -0.39 is 0 Å². The zero-order valence-corrected chi connectivity index (χ0v) is 14.3. The van der Waals surface area contributed by atoms with E-state index in [-0.39, 0.29) is 17.6 Å². The summed E-state index contributed by atoms with van der Waals surface area (Å²) in [7, 11) is 0. The van der Waals surface area contributed by atoms with Crippen LogP contribution in [0.15, 0.2) is 66.2 Å². The zero-order chi connectivity index (χ0) is 17.7. The molecule has 0 amide bonds. The van der Waals surface area contributed by atoms with E-state index in [4.69, 9.17) is 0 Å². The van der Waals surface area contributed by atoms with Crippen molar-refractivity contribution >= 4 is 27.8 Å². The van der Waals surface area contributed by atoms with Crippen LogP contribution in [-0.4, -0.2) is 10.9 Å². The van der Waals surface area contributed by atoms with E-state index in [2.05, 4.69) is 35.6 Å². The summed E-state index contributed by atoms with van der Waals surface area (Å²) in [6, 6.07) is 19.6. The number of fused-ring (bicyclic) bond motifs is 4. The third-order valence-electron chi connectivity index (χ3n) is 5.48. The number of ketones is 1. The number of rotatable bonds is 1. The molecular formula is C23H19NO2. The predicted octanol–water partition coefficient (Wildman–Crippen LogP) is 5.22. The van der Waals surface area contributed by atoms with Gasteiger partial charge in [-0.25, -0.2) is 0 Å². The number of Topliss-reactive ketones (excluding diaryl/α,β-unsaturated/α-hetero) is 1. The molecule has 3 aromatic rings. The van der Waals surface area contributed by atoms with Crippen molar-refractivity contribution < 1.29 is 9.90 Å². The summed E-state index contributed by atoms with van der Waals surface area (Å²) in [6.45, 7) is 0. The van der Waals surface area contributed by atoms with Gasteiger partial charge in [-0.1, -0.05) is 42.5 Å². The quantitative estimate of drug-likeness (QED) is 0.638. The number of hydrogen-bond donors (Lipinski definition) is 2. The number of carbonyl (C=O) groups is 1. The van der Waals surface area contributed by atoms with Gasteiger partial charge in [-0.2, -0.15) is 0 Å². The Labute approximate surface area is 152 Å². The van der Waals surface area contributed by atoms with Gasteiger partial charge in [0, 0.05) is 23.2 Å². The van der Waals surface area contributed by atoms with Gasteiger partial charge in [0.15, 0.2) is 5.78 Å². The predicted molar refractivity (Wildman–Crippen MR) is 104 cm³/mol. The fourth-order valence-corrected chi connectivity index (χ4v) is 4.36. The lowest BCUT2D eigenvalue weighted by Gasteiger charge is -2.35. The standard InChI is InChI=1S/C23H19NO2/c25-16-7-3-6-15(13-16)23-22-18(9-4-10-20(22)26)21-17-8-2-1-5-14(17)11-12-19(21)24-23/h1-3,5-8,11-13,23-25H,4,9-10H2/t23-/m1/s1. The Morgan fingerprint density at radius 3 is 2.73 bits per heavy atom. The van der Waals surface area contributed by atoms with Gasteiger partial charge in [-0.05, 0) is 52.9 Å². The Morgan fingerprint density at radius 1 is 0.962 bits per heavy atom. The van der Waals surface area contributed by atoms with Crippen LogP contribution in [0.5, 0.6) is 5.75 Å². The van der Waals surface area contributed by atoms with E-state index in [0.29, 0.717) is 6.42 Å². The Morgan fingerprint density at radius 2 is 1.85 bits per heavy atom. The number of allylic oxidation sites excluding steroid dienone is 1. The molecule has 3 nitrogen and oxygen atoms in total. The van der Waals surface area contributed by atoms with Gasteiger partial charge in [0.2, 0.25) is 0 Å². The third-order valence-corrected chi connectivity index (χ3v) is 5.48. The van der Waals surface area contributed by atoms with Crippen LogP contribution in [0.4, 0.5) is 5.69 Å². The van der Waals surface area contributed by atoms with Crippen molar-refractivity contribution in [2.75, 3.05) is 5.32 Å². The molecular weight excluding hydrogens is 322 g/mol. The van der Waals surface area contributed by atoms with Crippen LogP contribution in [0, 0.1) is 0 Å². The summed E-state index contributed by atoms with van der Waals surface area (Å²) >= 11 is 0. The molecule has 5 rings (SSSR count). The van der Waals surface area contributed by atoms with Crippen molar-refractivity contribution in [1.29, 1.82) is 0 Å². The fraction of sp³-hybridized carbons (Fsp3) is 0.174. The molecule has 3 aromatic carbocycles. The largest absolute Gasteiger partial charge is 0.508 e. The highest BCUT2D eigenvalue weighted by atomic mass is 16.3. The van der Waals surface area contributed by atoms with E-state index in [9.17, 15) is 9.90 Å². The maximum absolute atomic E-state index is 12.9. The second-order valence-corrected chi connectivity index (χ2v) is 7.05. The molecule has 1 aliphatic heterocycles. The number of carbonyl (C=O) groups excluding carboxylic acids is 1.